The quantitative estimate of drug-likeness (QED) is 0.160. The van der Waals surface area contributed by atoms with Crippen molar-refractivity contribution in [1.82, 2.24) is 0 Å². The second-order valence-electron chi connectivity index (χ2n) is 26.7. The monoisotopic (exact) mass is 957 g/mol. The number of nitrogens with zero attached hydrogens (tertiary/aromatic N) is 3. The Morgan fingerprint density at radius 1 is 0.459 bits per heavy atom. The molecule has 11 rings (SSSR count). The largest absolute Gasteiger partial charge is 0.312 e. The molecule has 0 N–H and O–H groups in total. The summed E-state index contributed by atoms with van der Waals surface area (Å²) in [5, 5.41) is 0. The van der Waals surface area contributed by atoms with Gasteiger partial charge >= 0.3 is 0 Å². The van der Waals surface area contributed by atoms with E-state index in [9.17, 15) is 0 Å². The summed E-state index contributed by atoms with van der Waals surface area (Å²) in [6, 6.07) is 37.7. The van der Waals surface area contributed by atoms with Crippen LogP contribution in [-0.2, 0) is 27.1 Å². The summed E-state index contributed by atoms with van der Waals surface area (Å²) in [6.07, 6.45) is 2.26. The molecule has 3 heterocycles. The SMILES string of the molecule is [B]c1c([B])c([B])c2c(c1[B])[B]c1cc(C(C)(C)C)cc(C)c1N1c3cc(ccc3B3c4cc5c(cc4N(c4c(C)cccc4C)c4cc(C(C)(C)C)cc1c43)C(C)(C)CCC5(C)C)N2c1ccc(C(C)(C)C)cc1. The van der Waals surface area contributed by atoms with Crippen LogP contribution in [-0.4, -0.2) is 45.4 Å². The van der Waals surface area contributed by atoms with Gasteiger partial charge < -0.3 is 14.7 Å². The van der Waals surface area contributed by atoms with Crippen LogP contribution >= 0.6 is 0 Å². The third kappa shape index (κ3) is 7.65. The van der Waals surface area contributed by atoms with Gasteiger partial charge in [0, 0.05) is 45.5 Å². The topological polar surface area (TPSA) is 9.72 Å². The predicted octanol–water partition coefficient (Wildman–Crippen LogP) is 9.55. The zero-order valence-corrected chi connectivity index (χ0v) is 47.0. The lowest BCUT2D eigenvalue weighted by atomic mass is 9.33. The molecule has 9 heteroatoms. The van der Waals surface area contributed by atoms with Crippen molar-refractivity contribution in [2.24, 2.45) is 0 Å². The van der Waals surface area contributed by atoms with Gasteiger partial charge in [-0.05, 0) is 164 Å². The highest BCUT2D eigenvalue weighted by Crippen LogP contribution is 2.52. The molecule has 1 aliphatic carbocycles. The molecule has 2 bridgehead atoms. The molecule has 3 nitrogen and oxygen atoms in total. The first kappa shape index (κ1) is 50.5. The van der Waals surface area contributed by atoms with Crippen molar-refractivity contribution >= 4 is 146 Å². The van der Waals surface area contributed by atoms with E-state index in [1.807, 2.05) is 0 Å². The van der Waals surface area contributed by atoms with E-state index in [4.69, 9.17) is 31.4 Å². The van der Waals surface area contributed by atoms with Gasteiger partial charge in [0.05, 0.1) is 5.69 Å². The Morgan fingerprint density at radius 3 is 1.55 bits per heavy atom. The molecule has 74 heavy (non-hydrogen) atoms. The first-order chi connectivity index (χ1) is 34.5. The van der Waals surface area contributed by atoms with Gasteiger partial charge in [0.2, 0.25) is 0 Å². The number of fused-ring (bicyclic) bond motifs is 9. The molecule has 0 saturated heterocycles. The van der Waals surface area contributed by atoms with Crippen LogP contribution in [0.4, 0.5) is 51.2 Å². The molecule has 0 amide bonds. The van der Waals surface area contributed by atoms with E-state index in [1.54, 1.807) is 0 Å². The molecule has 9 radical (unpaired) electrons. The summed E-state index contributed by atoms with van der Waals surface area (Å²) in [5.41, 5.74) is 26.5. The molecule has 0 atom stereocenters. The Balaban J connectivity index is 1.34. The first-order valence-electron chi connectivity index (χ1n) is 26.8. The van der Waals surface area contributed by atoms with Crippen molar-refractivity contribution in [1.29, 1.82) is 0 Å². The minimum absolute atomic E-state index is 0.00272. The maximum Gasteiger partial charge on any atom is 0.252 e. The average Bonchev–Trinajstić information content (AvgIpc) is 3.33. The molecule has 0 fully saturated rings. The van der Waals surface area contributed by atoms with E-state index < -0.39 is 0 Å². The lowest BCUT2D eigenvalue weighted by Gasteiger charge is -2.49. The maximum atomic E-state index is 7.34. The number of benzene rings is 7. The number of rotatable bonds is 2. The molecule has 0 saturated carbocycles. The number of hydrogen-bond donors (Lipinski definition) is 0. The number of hydrogen-bond acceptors (Lipinski definition) is 3. The molecule has 7 aromatic carbocycles. The average molecular weight is 956 g/mol. The summed E-state index contributed by atoms with van der Waals surface area (Å²) in [4.78, 5) is 7.51. The zero-order chi connectivity index (χ0) is 53.3. The molecule has 0 aromatic heterocycles. The van der Waals surface area contributed by atoms with Crippen LogP contribution in [0.1, 0.15) is 147 Å². The number of para-hydroxylation sites is 1. The molecule has 361 valence electrons. The van der Waals surface area contributed by atoms with E-state index in [-0.39, 0.29) is 44.7 Å². The van der Waals surface area contributed by atoms with E-state index in [1.165, 1.54) is 78.1 Å². The third-order valence-electron chi connectivity index (χ3n) is 17.4. The van der Waals surface area contributed by atoms with Gasteiger partial charge in [0.1, 0.15) is 31.4 Å². The van der Waals surface area contributed by atoms with E-state index in [0.717, 1.165) is 52.1 Å². The minimum atomic E-state index is -0.201. The highest BCUT2D eigenvalue weighted by molar-refractivity contribution is 7.00. The molecular weight excluding hydrogens is 888 g/mol. The van der Waals surface area contributed by atoms with Crippen molar-refractivity contribution in [2.45, 2.75) is 151 Å². The lowest BCUT2D eigenvalue weighted by Crippen LogP contribution is -2.62. The molecule has 3 aliphatic heterocycles. The standard InChI is InChI=1S/C65H68B6N3/c1-35-18-17-19-36(2)58(35)73-49-34-44-43(64(13,14)26-27-65(44,15)16)33-47(49)71-46-25-24-42-32-48(46)74(51-31-40(63(10,11)12)30-50(73)57(51)71)59-37(3)28-39(62(7,8)9)29-45(59)70-56-54(68)52(66)53(67)55(69)60(56)72(42)41-22-20-38(21-23-41)61(4,5)6/h17-25,28-34H,26-27H2,1-16H3. The Morgan fingerprint density at radius 2 is 0.973 bits per heavy atom. The lowest BCUT2D eigenvalue weighted by molar-refractivity contribution is 0.332. The van der Waals surface area contributed by atoms with E-state index in [2.05, 4.69) is 230 Å². The van der Waals surface area contributed by atoms with Crippen LogP contribution in [0.5, 0.6) is 0 Å². The summed E-state index contributed by atoms with van der Waals surface area (Å²) in [7, 11) is 30.7. The summed E-state index contributed by atoms with van der Waals surface area (Å²) >= 11 is 0. The molecular formula is C65H68B6N3. The van der Waals surface area contributed by atoms with Crippen LogP contribution in [0.15, 0.2) is 97.1 Å². The summed E-state index contributed by atoms with van der Waals surface area (Å²) in [6.45, 7) is 37.2. The van der Waals surface area contributed by atoms with Crippen molar-refractivity contribution < 1.29 is 0 Å². The smallest absolute Gasteiger partial charge is 0.252 e. The van der Waals surface area contributed by atoms with Gasteiger partial charge in [-0.2, -0.15) is 0 Å². The highest BCUT2D eigenvalue weighted by atomic mass is 15.2. The Labute approximate surface area is 450 Å². The summed E-state index contributed by atoms with van der Waals surface area (Å²) in [5.74, 6) is 0. The molecule has 0 spiro atoms. The number of anilines is 9. The molecule has 0 unspecified atom stereocenters. The van der Waals surface area contributed by atoms with E-state index >= 15 is 0 Å². The van der Waals surface area contributed by atoms with Crippen molar-refractivity contribution in [3.8, 4) is 0 Å². The second-order valence-corrected chi connectivity index (χ2v) is 26.7. The molecule has 4 aliphatic rings. The second kappa shape index (κ2) is 16.7. The first-order valence-corrected chi connectivity index (χ1v) is 26.8. The number of aryl methyl sites for hydroxylation is 3. The molecule has 7 aromatic rings. The van der Waals surface area contributed by atoms with Crippen molar-refractivity contribution in [3.05, 3.63) is 142 Å². The minimum Gasteiger partial charge on any atom is -0.312 e. The van der Waals surface area contributed by atoms with Gasteiger partial charge in [0.15, 0.2) is 7.28 Å². The van der Waals surface area contributed by atoms with E-state index in [0.29, 0.717) is 16.6 Å². The Kier molecular flexibility index (Phi) is 11.4. The Bertz CT molecular complexity index is 3510. The highest BCUT2D eigenvalue weighted by Gasteiger charge is 2.48. The van der Waals surface area contributed by atoms with Crippen LogP contribution in [0, 0.1) is 20.8 Å². The Hall–Kier alpha value is -5.67. The van der Waals surface area contributed by atoms with Crippen molar-refractivity contribution in [3.63, 3.8) is 0 Å². The maximum absolute atomic E-state index is 7.34. The summed E-state index contributed by atoms with van der Waals surface area (Å²) < 4.78 is 0. The third-order valence-corrected chi connectivity index (χ3v) is 17.4. The van der Waals surface area contributed by atoms with Crippen LogP contribution < -0.4 is 63.9 Å². The van der Waals surface area contributed by atoms with Crippen LogP contribution in [0.2, 0.25) is 0 Å². The van der Waals surface area contributed by atoms with Gasteiger partial charge in [-0.1, -0.05) is 161 Å². The van der Waals surface area contributed by atoms with Crippen molar-refractivity contribution in [2.75, 3.05) is 14.7 Å². The van der Waals surface area contributed by atoms with Gasteiger partial charge in [-0.15, -0.1) is 16.4 Å². The van der Waals surface area contributed by atoms with Gasteiger partial charge in [0.25, 0.3) is 6.71 Å². The van der Waals surface area contributed by atoms with Gasteiger partial charge in [-0.3, -0.25) is 0 Å². The van der Waals surface area contributed by atoms with Gasteiger partial charge in [-0.25, -0.2) is 0 Å². The fourth-order valence-electron chi connectivity index (χ4n) is 12.8. The van der Waals surface area contributed by atoms with Crippen LogP contribution in [0.25, 0.3) is 0 Å². The fraction of sp³-hybridized carbons (Fsp3) is 0.354. The predicted molar refractivity (Wildman–Crippen MR) is 327 cm³/mol. The van der Waals surface area contributed by atoms with Crippen LogP contribution in [0.3, 0.4) is 0 Å². The fourth-order valence-corrected chi connectivity index (χ4v) is 12.8. The normalized spacial score (nSPS) is 16.2. The zero-order valence-electron chi connectivity index (χ0n) is 47.0.